The quantitative estimate of drug-likeness (QED) is 0.806. The molecule has 1 saturated carbocycles. The maximum absolute atomic E-state index is 12.0. The summed E-state index contributed by atoms with van der Waals surface area (Å²) in [5.41, 5.74) is 6.46. The summed E-state index contributed by atoms with van der Waals surface area (Å²) in [7, 11) is 1.54. The van der Waals surface area contributed by atoms with Crippen LogP contribution in [0.4, 0.5) is 0 Å². The number of rotatable bonds is 7. The number of carbonyl (C=O) groups excluding carboxylic acids is 1. The van der Waals surface area contributed by atoms with Crippen molar-refractivity contribution in [2.75, 3.05) is 13.7 Å². The van der Waals surface area contributed by atoms with Crippen molar-refractivity contribution in [3.63, 3.8) is 0 Å². The molecule has 21 heavy (non-hydrogen) atoms. The molecule has 3 N–H and O–H groups in total. The van der Waals surface area contributed by atoms with E-state index in [4.69, 9.17) is 26.8 Å². The summed E-state index contributed by atoms with van der Waals surface area (Å²) in [6.45, 7) is 2.18. The number of amides is 1. The van der Waals surface area contributed by atoms with Gasteiger partial charge in [-0.15, -0.1) is 0 Å². The van der Waals surface area contributed by atoms with Crippen LogP contribution in [-0.2, 0) is 11.2 Å². The van der Waals surface area contributed by atoms with Crippen LogP contribution in [0.5, 0.6) is 11.5 Å². The molecule has 1 unspecified atom stereocenters. The van der Waals surface area contributed by atoms with E-state index in [9.17, 15) is 4.79 Å². The SMILES string of the molecule is COc1cc(Cl)cc(CCN)c1OC(C)C(=O)NC1CC1. The molecule has 0 aromatic heterocycles. The van der Waals surface area contributed by atoms with Gasteiger partial charge in [-0.25, -0.2) is 0 Å². The summed E-state index contributed by atoms with van der Waals surface area (Å²) in [6, 6.07) is 3.76. The largest absolute Gasteiger partial charge is 0.493 e. The molecule has 0 aliphatic heterocycles. The van der Waals surface area contributed by atoms with Crippen LogP contribution in [0, 0.1) is 0 Å². The molecule has 5 nitrogen and oxygen atoms in total. The van der Waals surface area contributed by atoms with E-state index in [1.165, 1.54) is 0 Å². The van der Waals surface area contributed by atoms with Crippen LogP contribution in [0.2, 0.25) is 5.02 Å². The van der Waals surface area contributed by atoms with Gasteiger partial charge in [0, 0.05) is 22.7 Å². The number of hydrogen-bond donors (Lipinski definition) is 2. The number of nitrogens with one attached hydrogen (secondary N) is 1. The fourth-order valence-corrected chi connectivity index (χ4v) is 2.26. The lowest BCUT2D eigenvalue weighted by atomic mass is 10.1. The Morgan fingerprint density at radius 1 is 1.52 bits per heavy atom. The van der Waals surface area contributed by atoms with Crippen molar-refractivity contribution in [3.05, 3.63) is 22.7 Å². The number of methoxy groups -OCH3 is 1. The van der Waals surface area contributed by atoms with E-state index >= 15 is 0 Å². The van der Waals surface area contributed by atoms with Gasteiger partial charge in [0.05, 0.1) is 7.11 Å². The molecule has 116 valence electrons. The molecular formula is C15H21ClN2O3. The van der Waals surface area contributed by atoms with Crippen LogP contribution in [-0.4, -0.2) is 31.7 Å². The average molecular weight is 313 g/mol. The second-order valence-electron chi connectivity index (χ2n) is 5.18. The van der Waals surface area contributed by atoms with E-state index in [0.717, 1.165) is 18.4 Å². The molecule has 1 aromatic rings. The highest BCUT2D eigenvalue weighted by Gasteiger charge is 2.27. The van der Waals surface area contributed by atoms with E-state index < -0.39 is 6.10 Å². The lowest BCUT2D eigenvalue weighted by molar-refractivity contribution is -0.127. The molecule has 1 atom stereocenters. The van der Waals surface area contributed by atoms with Crippen molar-refractivity contribution < 1.29 is 14.3 Å². The lowest BCUT2D eigenvalue weighted by Crippen LogP contribution is -2.37. The van der Waals surface area contributed by atoms with Crippen LogP contribution in [0.3, 0.4) is 0 Å². The second-order valence-corrected chi connectivity index (χ2v) is 5.61. The van der Waals surface area contributed by atoms with Crippen LogP contribution >= 0.6 is 11.6 Å². The summed E-state index contributed by atoms with van der Waals surface area (Å²) in [6.07, 6.45) is 2.09. The van der Waals surface area contributed by atoms with Crippen LogP contribution in [0.1, 0.15) is 25.3 Å². The normalized spacial score (nSPS) is 15.4. The summed E-state index contributed by atoms with van der Waals surface area (Å²) < 4.78 is 11.1. The molecule has 0 bridgehead atoms. The molecule has 0 heterocycles. The monoisotopic (exact) mass is 312 g/mol. The molecule has 1 aromatic carbocycles. The summed E-state index contributed by atoms with van der Waals surface area (Å²) in [5, 5.41) is 3.47. The molecule has 6 heteroatoms. The average Bonchev–Trinajstić information content (AvgIpc) is 3.25. The van der Waals surface area contributed by atoms with Gasteiger partial charge in [0.15, 0.2) is 17.6 Å². The van der Waals surface area contributed by atoms with Gasteiger partial charge in [0.1, 0.15) is 0 Å². The highest BCUT2D eigenvalue weighted by atomic mass is 35.5. The Balaban J connectivity index is 2.17. The summed E-state index contributed by atoms with van der Waals surface area (Å²) in [4.78, 5) is 12.0. The van der Waals surface area contributed by atoms with Gasteiger partial charge < -0.3 is 20.5 Å². The molecule has 1 aliphatic rings. The van der Waals surface area contributed by atoms with E-state index in [2.05, 4.69) is 5.32 Å². The molecule has 0 spiro atoms. The van der Waals surface area contributed by atoms with Crippen LogP contribution < -0.4 is 20.5 Å². The van der Waals surface area contributed by atoms with Crippen molar-refractivity contribution in [2.24, 2.45) is 5.73 Å². The number of benzene rings is 1. The topological polar surface area (TPSA) is 73.6 Å². The predicted octanol–water partition coefficient (Wildman–Crippen LogP) is 1.90. The van der Waals surface area contributed by atoms with Crippen molar-refractivity contribution >= 4 is 17.5 Å². The van der Waals surface area contributed by atoms with Crippen molar-refractivity contribution in [1.82, 2.24) is 5.32 Å². The fraction of sp³-hybridized carbons (Fsp3) is 0.533. The molecule has 0 radical (unpaired) electrons. The highest BCUT2D eigenvalue weighted by molar-refractivity contribution is 6.30. The van der Waals surface area contributed by atoms with Gasteiger partial charge in [-0.05, 0) is 38.8 Å². The molecule has 1 fully saturated rings. The van der Waals surface area contributed by atoms with Gasteiger partial charge in [0.25, 0.3) is 5.91 Å². The van der Waals surface area contributed by atoms with E-state index in [1.54, 1.807) is 26.2 Å². The standard InChI is InChI=1S/C15H21ClN2O3/c1-9(15(19)18-12-3-4-12)21-14-10(5-6-17)7-11(16)8-13(14)20-2/h7-9,12H,3-6,17H2,1-2H3,(H,18,19). The number of hydrogen-bond acceptors (Lipinski definition) is 4. The van der Waals surface area contributed by atoms with Gasteiger partial charge in [-0.2, -0.15) is 0 Å². The number of halogens is 1. The van der Waals surface area contributed by atoms with Crippen LogP contribution in [0.25, 0.3) is 0 Å². The van der Waals surface area contributed by atoms with Crippen molar-refractivity contribution in [2.45, 2.75) is 38.3 Å². The molecule has 2 rings (SSSR count). The Labute approximate surface area is 129 Å². The Kier molecular flexibility index (Phi) is 5.31. The van der Waals surface area contributed by atoms with Gasteiger partial charge in [-0.1, -0.05) is 11.6 Å². The first-order chi connectivity index (χ1) is 10.0. The third-order valence-corrected chi connectivity index (χ3v) is 3.54. The minimum absolute atomic E-state index is 0.117. The number of ether oxygens (including phenoxy) is 2. The maximum Gasteiger partial charge on any atom is 0.260 e. The number of nitrogens with two attached hydrogens (primary N) is 1. The highest BCUT2D eigenvalue weighted by Crippen LogP contribution is 2.35. The maximum atomic E-state index is 12.0. The van der Waals surface area contributed by atoms with E-state index in [0.29, 0.717) is 35.5 Å². The molecule has 1 aliphatic carbocycles. The van der Waals surface area contributed by atoms with E-state index in [1.807, 2.05) is 0 Å². The van der Waals surface area contributed by atoms with E-state index in [-0.39, 0.29) is 5.91 Å². The molecule has 1 amide bonds. The third-order valence-electron chi connectivity index (χ3n) is 3.32. The Bertz CT molecular complexity index is 518. The van der Waals surface area contributed by atoms with Crippen molar-refractivity contribution in [1.29, 1.82) is 0 Å². The first-order valence-electron chi connectivity index (χ1n) is 7.08. The summed E-state index contributed by atoms with van der Waals surface area (Å²) >= 11 is 6.06. The summed E-state index contributed by atoms with van der Waals surface area (Å²) in [5.74, 6) is 0.927. The Morgan fingerprint density at radius 3 is 2.81 bits per heavy atom. The Morgan fingerprint density at radius 2 is 2.24 bits per heavy atom. The molecular weight excluding hydrogens is 292 g/mol. The van der Waals surface area contributed by atoms with Crippen LogP contribution in [0.15, 0.2) is 12.1 Å². The first kappa shape index (κ1) is 15.9. The number of carbonyl (C=O) groups is 1. The third kappa shape index (κ3) is 4.25. The zero-order valence-electron chi connectivity index (χ0n) is 12.3. The fourth-order valence-electron chi connectivity index (χ4n) is 2.03. The molecule has 0 saturated heterocycles. The predicted molar refractivity (Wildman–Crippen MR) is 82.0 cm³/mol. The van der Waals surface area contributed by atoms with Gasteiger partial charge >= 0.3 is 0 Å². The van der Waals surface area contributed by atoms with Crippen molar-refractivity contribution in [3.8, 4) is 11.5 Å². The Hall–Kier alpha value is -1.46. The zero-order valence-corrected chi connectivity index (χ0v) is 13.1. The van der Waals surface area contributed by atoms with Gasteiger partial charge in [0.2, 0.25) is 0 Å². The smallest absolute Gasteiger partial charge is 0.260 e. The lowest BCUT2D eigenvalue weighted by Gasteiger charge is -2.19. The minimum Gasteiger partial charge on any atom is -0.493 e. The zero-order chi connectivity index (χ0) is 15.4. The minimum atomic E-state index is -0.600. The first-order valence-corrected chi connectivity index (χ1v) is 7.46. The second kappa shape index (κ2) is 7.00. The van der Waals surface area contributed by atoms with Gasteiger partial charge in [-0.3, -0.25) is 4.79 Å².